The van der Waals surface area contributed by atoms with E-state index >= 15 is 0 Å². The lowest BCUT2D eigenvalue weighted by molar-refractivity contribution is -0.149. The number of aryl methyl sites for hydroxylation is 2. The van der Waals surface area contributed by atoms with Crippen molar-refractivity contribution in [1.29, 1.82) is 0 Å². The van der Waals surface area contributed by atoms with Crippen molar-refractivity contribution < 1.29 is 17.9 Å². The molecule has 0 amide bonds. The Morgan fingerprint density at radius 3 is 1.94 bits per heavy atom. The van der Waals surface area contributed by atoms with Gasteiger partial charge in [-0.2, -0.15) is 13.2 Å². The van der Waals surface area contributed by atoms with Crippen molar-refractivity contribution in [3.63, 3.8) is 0 Å². The Kier molecular flexibility index (Phi) is 3.48. The van der Waals surface area contributed by atoms with Crippen LogP contribution in [0, 0.1) is 13.8 Å². The first-order valence-electron chi connectivity index (χ1n) is 4.74. The molecule has 90 valence electrons. The molecule has 1 rings (SSSR count). The second kappa shape index (κ2) is 4.33. The van der Waals surface area contributed by atoms with Crippen LogP contribution < -0.4 is 10.5 Å². The van der Waals surface area contributed by atoms with E-state index in [-0.39, 0.29) is 5.56 Å². The molecule has 0 heterocycles. The van der Waals surface area contributed by atoms with Gasteiger partial charge in [-0.15, -0.1) is 0 Å². The van der Waals surface area contributed by atoms with Crippen LogP contribution in [0.15, 0.2) is 12.1 Å². The summed E-state index contributed by atoms with van der Waals surface area (Å²) in [6.45, 7) is 3.39. The summed E-state index contributed by atoms with van der Waals surface area (Å²) in [7, 11) is 1.48. The zero-order valence-corrected chi connectivity index (χ0v) is 9.35. The van der Waals surface area contributed by atoms with Gasteiger partial charge < -0.3 is 10.5 Å². The molecule has 1 aromatic carbocycles. The molecule has 0 saturated carbocycles. The van der Waals surface area contributed by atoms with Crippen LogP contribution in [0.4, 0.5) is 13.2 Å². The number of ether oxygens (including phenoxy) is 1. The van der Waals surface area contributed by atoms with Crippen LogP contribution in [0.5, 0.6) is 5.75 Å². The fourth-order valence-corrected chi connectivity index (χ4v) is 1.67. The highest BCUT2D eigenvalue weighted by Crippen LogP contribution is 2.34. The standard InChI is InChI=1S/C11H14F3NO/c1-6-4-8(10(15)11(12,13)14)5-7(2)9(6)16-3/h4-5,10H,15H2,1-3H3/t10-/m1/s1. The summed E-state index contributed by atoms with van der Waals surface area (Å²) in [6, 6.07) is 0.865. The monoisotopic (exact) mass is 233 g/mol. The van der Waals surface area contributed by atoms with E-state index in [9.17, 15) is 13.2 Å². The number of hydrogen-bond acceptors (Lipinski definition) is 2. The number of methoxy groups -OCH3 is 1. The molecule has 0 radical (unpaired) electrons. The lowest BCUT2D eigenvalue weighted by Gasteiger charge is -2.18. The normalized spacial score (nSPS) is 13.7. The van der Waals surface area contributed by atoms with Crippen molar-refractivity contribution in [2.24, 2.45) is 5.73 Å². The SMILES string of the molecule is COc1c(C)cc([C@@H](N)C(F)(F)F)cc1C. The zero-order chi connectivity index (χ0) is 12.5. The van der Waals surface area contributed by atoms with Crippen LogP contribution in [0.1, 0.15) is 22.7 Å². The average Bonchev–Trinajstić information content (AvgIpc) is 2.14. The third-order valence-corrected chi connectivity index (χ3v) is 2.40. The molecule has 2 nitrogen and oxygen atoms in total. The lowest BCUT2D eigenvalue weighted by atomic mass is 10.0. The minimum Gasteiger partial charge on any atom is -0.496 e. The zero-order valence-electron chi connectivity index (χ0n) is 9.35. The van der Waals surface area contributed by atoms with Crippen LogP contribution in [-0.4, -0.2) is 13.3 Å². The summed E-state index contributed by atoms with van der Waals surface area (Å²) >= 11 is 0. The summed E-state index contributed by atoms with van der Waals surface area (Å²) in [5.41, 5.74) is 6.49. The van der Waals surface area contributed by atoms with E-state index in [1.54, 1.807) is 13.8 Å². The van der Waals surface area contributed by atoms with E-state index in [2.05, 4.69) is 0 Å². The Balaban J connectivity index is 3.19. The Labute approximate surface area is 92.2 Å². The molecule has 2 N–H and O–H groups in total. The van der Waals surface area contributed by atoms with Crippen molar-refractivity contribution in [3.8, 4) is 5.75 Å². The number of rotatable bonds is 2. The molecule has 0 aromatic heterocycles. The van der Waals surface area contributed by atoms with Gasteiger partial charge >= 0.3 is 6.18 Å². The molecular formula is C11H14F3NO. The van der Waals surface area contributed by atoms with Crippen LogP contribution in [0.2, 0.25) is 0 Å². The molecule has 0 aliphatic carbocycles. The molecule has 0 saturated heterocycles. The van der Waals surface area contributed by atoms with Gasteiger partial charge in [-0.1, -0.05) is 12.1 Å². The maximum Gasteiger partial charge on any atom is 0.407 e. The second-order valence-corrected chi connectivity index (χ2v) is 3.71. The number of halogens is 3. The molecule has 0 fully saturated rings. The van der Waals surface area contributed by atoms with E-state index in [0.29, 0.717) is 16.9 Å². The molecule has 5 heteroatoms. The van der Waals surface area contributed by atoms with Crippen molar-refractivity contribution in [3.05, 3.63) is 28.8 Å². The first-order valence-corrected chi connectivity index (χ1v) is 4.74. The van der Waals surface area contributed by atoms with Crippen LogP contribution in [-0.2, 0) is 0 Å². The molecule has 16 heavy (non-hydrogen) atoms. The molecule has 1 atom stereocenters. The molecule has 1 aromatic rings. The third-order valence-electron chi connectivity index (χ3n) is 2.40. The van der Waals surface area contributed by atoms with E-state index < -0.39 is 12.2 Å². The summed E-state index contributed by atoms with van der Waals surface area (Å²) in [5.74, 6) is 0.595. The van der Waals surface area contributed by atoms with Gasteiger partial charge in [0.15, 0.2) is 0 Å². The van der Waals surface area contributed by atoms with Crippen LogP contribution in [0.3, 0.4) is 0 Å². The molecule has 0 unspecified atom stereocenters. The van der Waals surface area contributed by atoms with E-state index in [4.69, 9.17) is 10.5 Å². The van der Waals surface area contributed by atoms with Crippen molar-refractivity contribution >= 4 is 0 Å². The average molecular weight is 233 g/mol. The maximum absolute atomic E-state index is 12.4. The van der Waals surface area contributed by atoms with Crippen LogP contribution >= 0.6 is 0 Å². The predicted molar refractivity (Wildman–Crippen MR) is 55.5 cm³/mol. The van der Waals surface area contributed by atoms with Gasteiger partial charge in [0.25, 0.3) is 0 Å². The second-order valence-electron chi connectivity index (χ2n) is 3.71. The number of alkyl halides is 3. The predicted octanol–water partition coefficient (Wildman–Crippen LogP) is 2.87. The number of benzene rings is 1. The summed E-state index contributed by atoms with van der Waals surface area (Å²) in [5, 5.41) is 0. The van der Waals surface area contributed by atoms with E-state index in [1.165, 1.54) is 19.2 Å². The molecular weight excluding hydrogens is 219 g/mol. The van der Waals surface area contributed by atoms with Gasteiger partial charge in [-0.05, 0) is 30.5 Å². The van der Waals surface area contributed by atoms with Gasteiger partial charge in [-0.25, -0.2) is 0 Å². The first kappa shape index (κ1) is 12.8. The van der Waals surface area contributed by atoms with Crippen molar-refractivity contribution in [1.82, 2.24) is 0 Å². The Morgan fingerprint density at radius 1 is 1.19 bits per heavy atom. The minimum absolute atomic E-state index is 0.0586. The summed E-state index contributed by atoms with van der Waals surface area (Å²) in [6.07, 6.45) is -4.42. The quantitative estimate of drug-likeness (QED) is 0.852. The maximum atomic E-state index is 12.4. The minimum atomic E-state index is -4.42. The van der Waals surface area contributed by atoms with Crippen molar-refractivity contribution in [2.75, 3.05) is 7.11 Å². The van der Waals surface area contributed by atoms with Gasteiger partial charge in [0, 0.05) is 0 Å². The van der Waals surface area contributed by atoms with Gasteiger partial charge in [0.05, 0.1) is 7.11 Å². The number of hydrogen-bond donors (Lipinski definition) is 1. The van der Waals surface area contributed by atoms with E-state index in [1.807, 2.05) is 0 Å². The molecule has 0 bridgehead atoms. The lowest BCUT2D eigenvalue weighted by Crippen LogP contribution is -2.28. The van der Waals surface area contributed by atoms with E-state index in [0.717, 1.165) is 0 Å². The summed E-state index contributed by atoms with van der Waals surface area (Å²) < 4.78 is 42.3. The molecule has 0 spiro atoms. The third kappa shape index (κ3) is 2.47. The highest BCUT2D eigenvalue weighted by atomic mass is 19.4. The largest absolute Gasteiger partial charge is 0.496 e. The fraction of sp³-hybridized carbons (Fsp3) is 0.455. The Hall–Kier alpha value is -1.23. The van der Waals surface area contributed by atoms with Crippen molar-refractivity contribution in [2.45, 2.75) is 26.1 Å². The van der Waals surface area contributed by atoms with Crippen LogP contribution in [0.25, 0.3) is 0 Å². The Morgan fingerprint density at radius 2 is 1.62 bits per heavy atom. The fourth-order valence-electron chi connectivity index (χ4n) is 1.67. The Bertz CT molecular complexity index is 364. The van der Waals surface area contributed by atoms with Gasteiger partial charge in [0.1, 0.15) is 11.8 Å². The summed E-state index contributed by atoms with van der Waals surface area (Å²) in [4.78, 5) is 0. The first-order chi connectivity index (χ1) is 7.27. The highest BCUT2D eigenvalue weighted by molar-refractivity contribution is 5.44. The van der Waals surface area contributed by atoms with Gasteiger partial charge in [0.2, 0.25) is 0 Å². The molecule has 0 aliphatic heterocycles. The van der Waals surface area contributed by atoms with Gasteiger partial charge in [-0.3, -0.25) is 0 Å². The smallest absolute Gasteiger partial charge is 0.407 e. The highest BCUT2D eigenvalue weighted by Gasteiger charge is 2.38. The number of nitrogens with two attached hydrogens (primary N) is 1. The molecule has 0 aliphatic rings. The topological polar surface area (TPSA) is 35.2 Å².